The van der Waals surface area contributed by atoms with Crippen LogP contribution in [0.3, 0.4) is 0 Å². The Kier molecular flexibility index (Phi) is 5.61. The summed E-state index contributed by atoms with van der Waals surface area (Å²) in [6.07, 6.45) is 4.53. The Bertz CT molecular complexity index is 916. The van der Waals surface area contributed by atoms with Gasteiger partial charge < -0.3 is 9.80 Å². The van der Waals surface area contributed by atoms with Crippen molar-refractivity contribution in [1.29, 1.82) is 0 Å². The Morgan fingerprint density at radius 1 is 0.759 bits per heavy atom. The fourth-order valence-electron chi connectivity index (χ4n) is 3.65. The van der Waals surface area contributed by atoms with Crippen molar-refractivity contribution in [2.24, 2.45) is 0 Å². The van der Waals surface area contributed by atoms with Crippen molar-refractivity contribution in [2.45, 2.75) is 5.92 Å². The van der Waals surface area contributed by atoms with Crippen LogP contribution in [0.2, 0.25) is 0 Å². The molecule has 1 aliphatic heterocycles. The summed E-state index contributed by atoms with van der Waals surface area (Å²) in [5, 5.41) is 0. The number of amides is 2. The fourth-order valence-corrected chi connectivity index (χ4v) is 3.65. The minimum absolute atomic E-state index is 0.0639. The summed E-state index contributed by atoms with van der Waals surface area (Å²) < 4.78 is 0. The Balaban J connectivity index is 1.49. The molecule has 1 saturated heterocycles. The summed E-state index contributed by atoms with van der Waals surface area (Å²) in [4.78, 5) is 37.6. The molecular weight excluding hydrogens is 364 g/mol. The summed E-state index contributed by atoms with van der Waals surface area (Å²) in [6, 6.07) is 19.7. The van der Waals surface area contributed by atoms with Crippen molar-refractivity contribution in [3.63, 3.8) is 0 Å². The van der Waals surface area contributed by atoms with Gasteiger partial charge in [0.2, 0.25) is 5.91 Å². The first-order chi connectivity index (χ1) is 14.2. The van der Waals surface area contributed by atoms with E-state index in [1.165, 1.54) is 12.4 Å². The molecule has 0 bridgehead atoms. The molecule has 1 aliphatic rings. The normalized spacial score (nSPS) is 14.1. The molecule has 0 aliphatic carbocycles. The number of hydrogen-bond donors (Lipinski definition) is 0. The van der Waals surface area contributed by atoms with Gasteiger partial charge in [-0.3, -0.25) is 14.6 Å². The summed E-state index contributed by atoms with van der Waals surface area (Å²) in [7, 11) is 0. The van der Waals surface area contributed by atoms with Gasteiger partial charge in [0.1, 0.15) is 5.69 Å². The highest BCUT2D eigenvalue weighted by Gasteiger charge is 2.31. The zero-order valence-electron chi connectivity index (χ0n) is 16.0. The summed E-state index contributed by atoms with van der Waals surface area (Å²) in [5.41, 5.74) is 2.28. The van der Waals surface area contributed by atoms with E-state index in [2.05, 4.69) is 9.97 Å². The van der Waals surface area contributed by atoms with Gasteiger partial charge in [-0.05, 0) is 11.1 Å². The van der Waals surface area contributed by atoms with Crippen LogP contribution in [0.5, 0.6) is 0 Å². The second kappa shape index (κ2) is 8.65. The van der Waals surface area contributed by atoms with Crippen LogP contribution in [0.4, 0.5) is 0 Å². The van der Waals surface area contributed by atoms with Gasteiger partial charge in [0, 0.05) is 38.6 Å². The van der Waals surface area contributed by atoms with E-state index in [0.29, 0.717) is 31.9 Å². The molecular formula is C23H22N4O2. The molecule has 0 atom stereocenters. The van der Waals surface area contributed by atoms with Crippen molar-refractivity contribution in [3.05, 3.63) is 96.1 Å². The highest BCUT2D eigenvalue weighted by molar-refractivity contribution is 5.92. The molecule has 2 amide bonds. The van der Waals surface area contributed by atoms with Gasteiger partial charge in [-0.1, -0.05) is 60.7 Å². The maximum Gasteiger partial charge on any atom is 0.274 e. The quantitative estimate of drug-likeness (QED) is 0.691. The highest BCUT2D eigenvalue weighted by Crippen LogP contribution is 2.27. The molecule has 29 heavy (non-hydrogen) atoms. The molecule has 4 rings (SSSR count). The van der Waals surface area contributed by atoms with Crippen molar-refractivity contribution < 1.29 is 9.59 Å². The molecule has 3 aromatic rings. The molecule has 0 spiro atoms. The number of carbonyl (C=O) groups excluding carboxylic acids is 2. The topological polar surface area (TPSA) is 66.4 Å². The lowest BCUT2D eigenvalue weighted by Crippen LogP contribution is -2.51. The zero-order valence-corrected chi connectivity index (χ0v) is 16.0. The number of rotatable bonds is 4. The first-order valence-electron chi connectivity index (χ1n) is 9.68. The second-order valence-electron chi connectivity index (χ2n) is 6.96. The van der Waals surface area contributed by atoms with Crippen LogP contribution in [0.1, 0.15) is 27.5 Å². The van der Waals surface area contributed by atoms with Crippen LogP contribution in [0.25, 0.3) is 0 Å². The number of aromatic nitrogens is 2. The Hall–Kier alpha value is -3.54. The van der Waals surface area contributed by atoms with E-state index in [9.17, 15) is 9.59 Å². The van der Waals surface area contributed by atoms with Gasteiger partial charge in [0.25, 0.3) is 5.91 Å². The van der Waals surface area contributed by atoms with E-state index in [1.807, 2.05) is 65.6 Å². The Labute approximate surface area is 169 Å². The lowest BCUT2D eigenvalue weighted by molar-refractivity contribution is -0.133. The molecule has 6 heteroatoms. The van der Waals surface area contributed by atoms with E-state index in [0.717, 1.165) is 11.1 Å². The molecule has 0 radical (unpaired) electrons. The van der Waals surface area contributed by atoms with E-state index in [1.54, 1.807) is 11.1 Å². The maximum absolute atomic E-state index is 13.4. The van der Waals surface area contributed by atoms with Crippen LogP contribution < -0.4 is 0 Å². The molecule has 6 nitrogen and oxygen atoms in total. The fraction of sp³-hybridized carbons (Fsp3) is 0.217. The van der Waals surface area contributed by atoms with Crippen LogP contribution in [0, 0.1) is 0 Å². The van der Waals surface area contributed by atoms with Gasteiger partial charge in [0.05, 0.1) is 12.1 Å². The van der Waals surface area contributed by atoms with Gasteiger partial charge in [-0.15, -0.1) is 0 Å². The third-order valence-corrected chi connectivity index (χ3v) is 5.17. The third kappa shape index (κ3) is 4.16. The first kappa shape index (κ1) is 18.8. The maximum atomic E-state index is 13.4. The zero-order chi connectivity index (χ0) is 20.1. The highest BCUT2D eigenvalue weighted by atomic mass is 16.2. The molecule has 0 saturated carbocycles. The van der Waals surface area contributed by atoms with Gasteiger partial charge in [-0.2, -0.15) is 0 Å². The second-order valence-corrected chi connectivity index (χ2v) is 6.96. The summed E-state index contributed by atoms with van der Waals surface area (Å²) in [6.45, 7) is 1.97. The molecule has 1 aromatic heterocycles. The standard InChI is InChI=1S/C23H22N4O2/c28-22(20-17-24-11-12-25-20)26-13-15-27(16-14-26)23(29)21(18-7-3-1-4-8-18)19-9-5-2-6-10-19/h1-12,17,21H,13-16H2. The minimum Gasteiger partial charge on any atom is -0.338 e. The van der Waals surface area contributed by atoms with Crippen molar-refractivity contribution >= 4 is 11.8 Å². The van der Waals surface area contributed by atoms with E-state index >= 15 is 0 Å². The molecule has 0 unspecified atom stereocenters. The number of carbonyl (C=O) groups is 2. The predicted molar refractivity (Wildman–Crippen MR) is 109 cm³/mol. The summed E-state index contributed by atoms with van der Waals surface area (Å²) in [5.74, 6) is -0.429. The van der Waals surface area contributed by atoms with Crippen LogP contribution in [-0.2, 0) is 4.79 Å². The third-order valence-electron chi connectivity index (χ3n) is 5.17. The van der Waals surface area contributed by atoms with Gasteiger partial charge in [-0.25, -0.2) is 4.98 Å². The SMILES string of the molecule is O=C(c1cnccn1)N1CCN(C(=O)C(c2ccccc2)c2ccccc2)CC1. The molecule has 2 aromatic carbocycles. The van der Waals surface area contributed by atoms with E-state index < -0.39 is 0 Å². The first-order valence-corrected chi connectivity index (χ1v) is 9.68. The largest absolute Gasteiger partial charge is 0.338 e. The smallest absolute Gasteiger partial charge is 0.274 e. The van der Waals surface area contributed by atoms with Crippen LogP contribution in [0.15, 0.2) is 79.3 Å². The van der Waals surface area contributed by atoms with Crippen molar-refractivity contribution in [2.75, 3.05) is 26.2 Å². The summed E-state index contributed by atoms with van der Waals surface area (Å²) >= 11 is 0. The molecule has 2 heterocycles. The van der Waals surface area contributed by atoms with Crippen LogP contribution >= 0.6 is 0 Å². The lowest BCUT2D eigenvalue weighted by atomic mass is 9.90. The number of piperazine rings is 1. The van der Waals surface area contributed by atoms with Crippen molar-refractivity contribution in [1.82, 2.24) is 19.8 Å². The Morgan fingerprint density at radius 3 is 1.83 bits per heavy atom. The Morgan fingerprint density at radius 2 is 1.31 bits per heavy atom. The molecule has 1 fully saturated rings. The van der Waals surface area contributed by atoms with E-state index in [4.69, 9.17) is 0 Å². The van der Waals surface area contributed by atoms with Gasteiger partial charge in [0.15, 0.2) is 0 Å². The monoisotopic (exact) mass is 386 g/mol. The predicted octanol–water partition coefficient (Wildman–Crippen LogP) is 2.59. The average Bonchev–Trinajstić information content (AvgIpc) is 2.81. The van der Waals surface area contributed by atoms with E-state index in [-0.39, 0.29) is 17.7 Å². The van der Waals surface area contributed by atoms with Crippen molar-refractivity contribution in [3.8, 4) is 0 Å². The average molecular weight is 386 g/mol. The number of hydrogen-bond acceptors (Lipinski definition) is 4. The number of nitrogens with zero attached hydrogens (tertiary/aromatic N) is 4. The minimum atomic E-state index is -0.348. The molecule has 0 N–H and O–H groups in total. The lowest BCUT2D eigenvalue weighted by Gasteiger charge is -2.36. The van der Waals surface area contributed by atoms with Gasteiger partial charge >= 0.3 is 0 Å². The van der Waals surface area contributed by atoms with Crippen LogP contribution in [-0.4, -0.2) is 57.8 Å². The number of benzene rings is 2. The molecule has 146 valence electrons.